The van der Waals surface area contributed by atoms with Crippen molar-refractivity contribution in [1.82, 2.24) is 10.2 Å². The van der Waals surface area contributed by atoms with Crippen molar-refractivity contribution in [3.8, 4) is 0 Å². The molecule has 4 heteroatoms. The highest BCUT2D eigenvalue weighted by Crippen LogP contribution is 2.22. The lowest BCUT2D eigenvalue weighted by atomic mass is 10.2. The van der Waals surface area contributed by atoms with E-state index in [1.807, 2.05) is 11.8 Å². The minimum absolute atomic E-state index is 0.358. The van der Waals surface area contributed by atoms with Crippen LogP contribution in [0.4, 0.5) is 0 Å². The van der Waals surface area contributed by atoms with Crippen LogP contribution in [0.5, 0.6) is 0 Å². The molecule has 1 N–H and O–H groups in total. The molecule has 1 heterocycles. The van der Waals surface area contributed by atoms with Crippen LogP contribution in [0.2, 0.25) is 0 Å². The normalized spacial score (nSPS) is 20.5. The number of nitrogens with one attached hydrogen (secondary N) is 1. The summed E-state index contributed by atoms with van der Waals surface area (Å²) in [6, 6.07) is 9.33. The maximum absolute atomic E-state index is 5.80. The Hall–Kier alpha value is -0.550. The molecule has 1 saturated heterocycles. The molecule has 0 aromatic heterocycles. The summed E-state index contributed by atoms with van der Waals surface area (Å²) in [4.78, 5) is 3.68. The summed E-state index contributed by atoms with van der Waals surface area (Å²) in [5.74, 6) is 1.03. The Kier molecular flexibility index (Phi) is 6.36. The van der Waals surface area contributed by atoms with Gasteiger partial charge in [0.2, 0.25) is 0 Å². The number of hydrogen-bond donors (Lipinski definition) is 1. The van der Waals surface area contributed by atoms with Gasteiger partial charge in [0, 0.05) is 36.3 Å². The Morgan fingerprint density at radius 3 is 3.05 bits per heavy atom. The molecule has 3 nitrogen and oxygen atoms in total. The average molecular weight is 294 g/mol. The highest BCUT2D eigenvalue weighted by Gasteiger charge is 2.17. The lowest BCUT2D eigenvalue weighted by Gasteiger charge is -2.29. The number of rotatable bonds is 6. The van der Waals surface area contributed by atoms with E-state index in [1.54, 1.807) is 0 Å². The van der Waals surface area contributed by atoms with E-state index in [0.29, 0.717) is 12.1 Å². The van der Waals surface area contributed by atoms with Gasteiger partial charge < -0.3 is 15.0 Å². The first kappa shape index (κ1) is 15.8. The van der Waals surface area contributed by atoms with E-state index in [2.05, 4.69) is 55.4 Å². The van der Waals surface area contributed by atoms with Crippen LogP contribution in [0.15, 0.2) is 29.2 Å². The number of thioether (sulfide) groups is 1. The van der Waals surface area contributed by atoms with Gasteiger partial charge in [-0.25, -0.2) is 0 Å². The second-order valence-electron chi connectivity index (χ2n) is 5.75. The SMILES string of the molecule is CC(C)NCc1cccc(SCC2CN(C)CCO2)c1. The van der Waals surface area contributed by atoms with Crippen LogP contribution in [-0.2, 0) is 11.3 Å². The number of ether oxygens (including phenoxy) is 1. The zero-order chi connectivity index (χ0) is 14.4. The number of likely N-dealkylation sites (N-methyl/N-ethyl adjacent to an activating group) is 1. The van der Waals surface area contributed by atoms with Gasteiger partial charge in [0.25, 0.3) is 0 Å². The molecular weight excluding hydrogens is 268 g/mol. The van der Waals surface area contributed by atoms with Crippen LogP contribution in [0, 0.1) is 0 Å². The van der Waals surface area contributed by atoms with Gasteiger partial charge in [-0.1, -0.05) is 26.0 Å². The van der Waals surface area contributed by atoms with Crippen molar-refractivity contribution < 1.29 is 4.74 Å². The lowest BCUT2D eigenvalue weighted by Crippen LogP contribution is -2.41. The minimum Gasteiger partial charge on any atom is -0.375 e. The highest BCUT2D eigenvalue weighted by molar-refractivity contribution is 7.99. The third-order valence-corrected chi connectivity index (χ3v) is 4.52. The highest BCUT2D eigenvalue weighted by atomic mass is 32.2. The zero-order valence-corrected chi connectivity index (χ0v) is 13.6. The van der Waals surface area contributed by atoms with Crippen LogP contribution >= 0.6 is 11.8 Å². The van der Waals surface area contributed by atoms with E-state index in [9.17, 15) is 0 Å². The number of morpholine rings is 1. The van der Waals surface area contributed by atoms with E-state index in [4.69, 9.17) is 4.74 Å². The Bertz CT molecular complexity index is 411. The fourth-order valence-electron chi connectivity index (χ4n) is 2.22. The second-order valence-corrected chi connectivity index (χ2v) is 6.84. The quantitative estimate of drug-likeness (QED) is 0.815. The van der Waals surface area contributed by atoms with Gasteiger partial charge >= 0.3 is 0 Å². The van der Waals surface area contributed by atoms with Crippen molar-refractivity contribution in [2.75, 3.05) is 32.5 Å². The minimum atomic E-state index is 0.358. The monoisotopic (exact) mass is 294 g/mol. The lowest BCUT2D eigenvalue weighted by molar-refractivity contribution is -0.00598. The van der Waals surface area contributed by atoms with Gasteiger partial charge in [0.15, 0.2) is 0 Å². The first-order valence-electron chi connectivity index (χ1n) is 7.39. The Morgan fingerprint density at radius 1 is 1.45 bits per heavy atom. The third-order valence-electron chi connectivity index (χ3n) is 3.39. The number of benzene rings is 1. The second kappa shape index (κ2) is 8.03. The predicted molar refractivity (Wildman–Crippen MR) is 86.4 cm³/mol. The summed E-state index contributed by atoms with van der Waals surface area (Å²) in [5.41, 5.74) is 1.35. The first-order valence-corrected chi connectivity index (χ1v) is 8.37. The van der Waals surface area contributed by atoms with Crippen LogP contribution in [0.1, 0.15) is 19.4 Å². The summed E-state index contributed by atoms with van der Waals surface area (Å²) in [7, 11) is 2.17. The molecule has 0 bridgehead atoms. The smallest absolute Gasteiger partial charge is 0.0796 e. The molecule has 0 saturated carbocycles. The van der Waals surface area contributed by atoms with Gasteiger partial charge in [-0.3, -0.25) is 0 Å². The zero-order valence-electron chi connectivity index (χ0n) is 12.8. The molecule has 0 radical (unpaired) electrons. The number of hydrogen-bond acceptors (Lipinski definition) is 4. The summed E-state index contributed by atoms with van der Waals surface area (Å²) in [5, 5.41) is 3.46. The van der Waals surface area contributed by atoms with Crippen molar-refractivity contribution in [1.29, 1.82) is 0 Å². The molecule has 0 spiro atoms. The van der Waals surface area contributed by atoms with Crippen molar-refractivity contribution in [3.05, 3.63) is 29.8 Å². The summed E-state index contributed by atoms with van der Waals surface area (Å²) >= 11 is 1.90. The van der Waals surface area contributed by atoms with Crippen molar-refractivity contribution >= 4 is 11.8 Å². The number of nitrogens with zero attached hydrogens (tertiary/aromatic N) is 1. The Labute approximate surface area is 127 Å². The molecule has 1 aliphatic heterocycles. The van der Waals surface area contributed by atoms with E-state index >= 15 is 0 Å². The molecule has 2 rings (SSSR count). The van der Waals surface area contributed by atoms with Crippen LogP contribution in [0.3, 0.4) is 0 Å². The predicted octanol–water partition coefficient (Wildman–Crippen LogP) is 2.61. The molecule has 0 amide bonds. The van der Waals surface area contributed by atoms with Crippen molar-refractivity contribution in [2.45, 2.75) is 37.4 Å². The van der Waals surface area contributed by atoms with Crippen LogP contribution in [-0.4, -0.2) is 49.5 Å². The molecule has 1 aliphatic rings. The first-order chi connectivity index (χ1) is 9.63. The maximum atomic E-state index is 5.80. The molecule has 1 unspecified atom stereocenters. The molecule has 20 heavy (non-hydrogen) atoms. The molecule has 0 aliphatic carbocycles. The van der Waals surface area contributed by atoms with E-state index < -0.39 is 0 Å². The largest absolute Gasteiger partial charge is 0.375 e. The molecule has 1 fully saturated rings. The molecule has 1 aromatic carbocycles. The van der Waals surface area contributed by atoms with Gasteiger partial charge in [0.05, 0.1) is 12.7 Å². The molecular formula is C16H26N2OS. The maximum Gasteiger partial charge on any atom is 0.0796 e. The Balaban J connectivity index is 1.81. The van der Waals surface area contributed by atoms with E-state index in [0.717, 1.165) is 32.0 Å². The van der Waals surface area contributed by atoms with Gasteiger partial charge in [-0.05, 0) is 24.7 Å². The fourth-order valence-corrected chi connectivity index (χ4v) is 3.21. The van der Waals surface area contributed by atoms with Gasteiger partial charge in [-0.2, -0.15) is 0 Å². The topological polar surface area (TPSA) is 24.5 Å². The average Bonchev–Trinajstić information content (AvgIpc) is 2.43. The third kappa shape index (κ3) is 5.44. The van der Waals surface area contributed by atoms with E-state index in [1.165, 1.54) is 10.5 Å². The molecule has 112 valence electrons. The molecule has 1 aromatic rings. The van der Waals surface area contributed by atoms with E-state index in [-0.39, 0.29) is 0 Å². The van der Waals surface area contributed by atoms with Crippen molar-refractivity contribution in [2.24, 2.45) is 0 Å². The fraction of sp³-hybridized carbons (Fsp3) is 0.625. The standard InChI is InChI=1S/C16H26N2OS/c1-13(2)17-10-14-5-4-6-16(9-14)20-12-15-11-18(3)7-8-19-15/h4-6,9,13,15,17H,7-8,10-12H2,1-3H3. The van der Waals surface area contributed by atoms with Crippen LogP contribution < -0.4 is 5.32 Å². The molecule has 1 atom stereocenters. The summed E-state index contributed by atoms with van der Waals surface area (Å²) in [6.45, 7) is 8.25. The van der Waals surface area contributed by atoms with Gasteiger partial charge in [-0.15, -0.1) is 11.8 Å². The summed E-state index contributed by atoms with van der Waals surface area (Å²) < 4.78 is 5.80. The van der Waals surface area contributed by atoms with Crippen LogP contribution in [0.25, 0.3) is 0 Å². The van der Waals surface area contributed by atoms with Crippen molar-refractivity contribution in [3.63, 3.8) is 0 Å². The summed E-state index contributed by atoms with van der Waals surface area (Å²) in [6.07, 6.45) is 0.358. The van der Waals surface area contributed by atoms with Gasteiger partial charge in [0.1, 0.15) is 0 Å². The Morgan fingerprint density at radius 2 is 2.30 bits per heavy atom.